The van der Waals surface area contributed by atoms with E-state index < -0.39 is 20.0 Å². The molecule has 1 fully saturated rings. The molecule has 1 aliphatic rings. The van der Waals surface area contributed by atoms with Crippen LogP contribution in [-0.2, 0) is 20.0 Å². The lowest BCUT2D eigenvalue weighted by Gasteiger charge is -2.08. The second kappa shape index (κ2) is 6.30. The summed E-state index contributed by atoms with van der Waals surface area (Å²) in [6, 6.07) is 6.42. The Morgan fingerprint density at radius 2 is 1.71 bits per heavy atom. The molecule has 1 aliphatic carbocycles. The minimum Gasteiger partial charge on any atom is -0.385 e. The first-order valence-electron chi connectivity index (χ1n) is 6.63. The fraction of sp³-hybridized carbons (Fsp3) is 0.500. The van der Waals surface area contributed by atoms with Crippen LogP contribution in [0.3, 0.4) is 0 Å². The van der Waals surface area contributed by atoms with Gasteiger partial charge >= 0.3 is 0 Å². The van der Waals surface area contributed by atoms with Gasteiger partial charge in [-0.2, -0.15) is 0 Å². The lowest BCUT2D eigenvalue weighted by molar-refractivity contribution is 0.581. The molecule has 4 N–H and O–H groups in total. The van der Waals surface area contributed by atoms with Gasteiger partial charge in [-0.3, -0.25) is 0 Å². The largest absolute Gasteiger partial charge is 0.385 e. The van der Waals surface area contributed by atoms with E-state index in [0.717, 1.165) is 18.5 Å². The standard InChI is InChI=1S/C12H19N3O4S2/c13-20(16,17)9-1-8-14-10-4-6-12(7-5-10)21(18,19)15-11-2-3-11/h4-7,11,14-15H,1-3,8-9H2,(H2,13,16,17). The maximum absolute atomic E-state index is 12.0. The average Bonchev–Trinajstić information content (AvgIpc) is 3.17. The number of primary sulfonamides is 1. The molecule has 1 aromatic carbocycles. The number of nitrogens with two attached hydrogens (primary N) is 1. The van der Waals surface area contributed by atoms with Crippen molar-refractivity contribution in [2.45, 2.75) is 30.2 Å². The number of hydrogen-bond acceptors (Lipinski definition) is 5. The topological polar surface area (TPSA) is 118 Å². The normalized spacial score (nSPS) is 15.9. The summed E-state index contributed by atoms with van der Waals surface area (Å²) in [6.45, 7) is 0.447. The van der Waals surface area contributed by atoms with Crippen LogP contribution in [0.4, 0.5) is 5.69 Å². The number of hydrogen-bond donors (Lipinski definition) is 3. The highest BCUT2D eigenvalue weighted by molar-refractivity contribution is 7.89. The van der Waals surface area contributed by atoms with E-state index in [-0.39, 0.29) is 16.7 Å². The Labute approximate surface area is 125 Å². The zero-order valence-corrected chi connectivity index (χ0v) is 13.1. The van der Waals surface area contributed by atoms with E-state index in [2.05, 4.69) is 10.0 Å². The molecule has 0 aliphatic heterocycles. The van der Waals surface area contributed by atoms with Crippen molar-refractivity contribution in [3.8, 4) is 0 Å². The molecular weight excluding hydrogens is 314 g/mol. The summed E-state index contributed by atoms with van der Waals surface area (Å²) in [5.74, 6) is -0.0855. The predicted octanol–water partition coefficient (Wildman–Crippen LogP) is 0.218. The van der Waals surface area contributed by atoms with E-state index >= 15 is 0 Å². The van der Waals surface area contributed by atoms with Gasteiger partial charge in [0.05, 0.1) is 10.6 Å². The first-order valence-corrected chi connectivity index (χ1v) is 9.83. The molecule has 0 unspecified atom stereocenters. The van der Waals surface area contributed by atoms with Crippen molar-refractivity contribution in [3.05, 3.63) is 24.3 Å². The van der Waals surface area contributed by atoms with Crippen LogP contribution in [0, 0.1) is 0 Å². The fourth-order valence-corrected chi connectivity index (χ4v) is 3.60. The highest BCUT2D eigenvalue weighted by Gasteiger charge is 2.27. The zero-order valence-electron chi connectivity index (χ0n) is 11.4. The van der Waals surface area contributed by atoms with Gasteiger partial charge in [-0.25, -0.2) is 26.7 Å². The van der Waals surface area contributed by atoms with Crippen LogP contribution in [0.5, 0.6) is 0 Å². The molecule has 0 spiro atoms. The number of benzene rings is 1. The smallest absolute Gasteiger partial charge is 0.240 e. The summed E-state index contributed by atoms with van der Waals surface area (Å²) >= 11 is 0. The van der Waals surface area contributed by atoms with E-state index in [0.29, 0.717) is 13.0 Å². The number of rotatable bonds is 8. The molecule has 9 heteroatoms. The summed E-state index contributed by atoms with van der Waals surface area (Å²) in [5.41, 5.74) is 0.731. The molecule has 0 aromatic heterocycles. The van der Waals surface area contributed by atoms with Gasteiger partial charge in [0, 0.05) is 18.3 Å². The lowest BCUT2D eigenvalue weighted by Crippen LogP contribution is -2.25. The maximum atomic E-state index is 12.0. The van der Waals surface area contributed by atoms with Crippen molar-refractivity contribution in [1.82, 2.24) is 4.72 Å². The SMILES string of the molecule is NS(=O)(=O)CCCNc1ccc(S(=O)(=O)NC2CC2)cc1. The van der Waals surface area contributed by atoms with E-state index in [1.165, 1.54) is 12.1 Å². The molecule has 118 valence electrons. The van der Waals surface area contributed by atoms with Crippen LogP contribution in [0.2, 0.25) is 0 Å². The quantitative estimate of drug-likeness (QED) is 0.588. The molecule has 0 saturated heterocycles. The van der Waals surface area contributed by atoms with Crippen LogP contribution >= 0.6 is 0 Å². The molecule has 21 heavy (non-hydrogen) atoms. The Morgan fingerprint density at radius 3 is 2.24 bits per heavy atom. The zero-order chi connectivity index (χ0) is 15.5. The summed E-state index contributed by atoms with van der Waals surface area (Å²) in [7, 11) is -6.87. The highest BCUT2D eigenvalue weighted by atomic mass is 32.2. The first kappa shape index (κ1) is 16.2. The minimum absolute atomic E-state index is 0.0750. The van der Waals surface area contributed by atoms with Crippen molar-refractivity contribution >= 4 is 25.7 Å². The van der Waals surface area contributed by atoms with Gasteiger partial charge in [0.15, 0.2) is 0 Å². The molecule has 7 nitrogen and oxygen atoms in total. The third-order valence-corrected chi connectivity index (χ3v) is 5.39. The van der Waals surface area contributed by atoms with Crippen LogP contribution in [0.15, 0.2) is 29.2 Å². The van der Waals surface area contributed by atoms with Crippen molar-refractivity contribution in [2.24, 2.45) is 5.14 Å². The van der Waals surface area contributed by atoms with Crippen LogP contribution in [0.25, 0.3) is 0 Å². The molecule has 2 rings (SSSR count). The molecule has 0 heterocycles. The molecular formula is C12H19N3O4S2. The molecule has 0 atom stereocenters. The summed E-state index contributed by atoms with van der Waals surface area (Å²) in [5, 5.41) is 7.91. The van der Waals surface area contributed by atoms with E-state index in [1.54, 1.807) is 12.1 Å². The van der Waals surface area contributed by atoms with Gasteiger partial charge in [0.2, 0.25) is 20.0 Å². The molecule has 0 amide bonds. The molecule has 0 radical (unpaired) electrons. The maximum Gasteiger partial charge on any atom is 0.240 e. The van der Waals surface area contributed by atoms with Crippen molar-refractivity contribution in [2.75, 3.05) is 17.6 Å². The van der Waals surface area contributed by atoms with Gasteiger partial charge in [-0.15, -0.1) is 0 Å². The van der Waals surface area contributed by atoms with Gasteiger partial charge in [0.25, 0.3) is 0 Å². The summed E-state index contributed by atoms with van der Waals surface area (Å²) in [4.78, 5) is 0.226. The minimum atomic E-state index is -3.44. The van der Waals surface area contributed by atoms with Crippen LogP contribution in [-0.4, -0.2) is 35.2 Å². The monoisotopic (exact) mass is 333 g/mol. The lowest BCUT2D eigenvalue weighted by atomic mass is 10.3. The number of nitrogens with one attached hydrogen (secondary N) is 2. The Morgan fingerprint density at radius 1 is 1.10 bits per heavy atom. The second-order valence-electron chi connectivity index (χ2n) is 5.07. The second-order valence-corrected chi connectivity index (χ2v) is 8.52. The van der Waals surface area contributed by atoms with Crippen LogP contribution < -0.4 is 15.2 Å². The Balaban J connectivity index is 1.87. The molecule has 0 bridgehead atoms. The average molecular weight is 333 g/mol. The molecule has 1 aromatic rings. The number of anilines is 1. The van der Waals surface area contributed by atoms with Gasteiger partial charge in [-0.1, -0.05) is 0 Å². The molecule has 1 saturated carbocycles. The van der Waals surface area contributed by atoms with E-state index in [1.807, 2.05) is 0 Å². The highest BCUT2D eigenvalue weighted by Crippen LogP contribution is 2.22. The van der Waals surface area contributed by atoms with Gasteiger partial charge in [-0.05, 0) is 43.5 Å². The third kappa shape index (κ3) is 5.62. The van der Waals surface area contributed by atoms with E-state index in [9.17, 15) is 16.8 Å². The Kier molecular flexibility index (Phi) is 4.87. The van der Waals surface area contributed by atoms with Crippen molar-refractivity contribution < 1.29 is 16.8 Å². The van der Waals surface area contributed by atoms with Crippen molar-refractivity contribution in [1.29, 1.82) is 0 Å². The summed E-state index contributed by atoms with van der Waals surface area (Å²) < 4.78 is 48.0. The first-order chi connectivity index (χ1) is 9.76. The summed E-state index contributed by atoms with van der Waals surface area (Å²) in [6.07, 6.45) is 2.17. The Hall–Kier alpha value is -1.16. The number of sulfonamides is 2. The predicted molar refractivity (Wildman–Crippen MR) is 80.9 cm³/mol. The third-order valence-electron chi connectivity index (χ3n) is 3.00. The van der Waals surface area contributed by atoms with Gasteiger partial charge in [0.1, 0.15) is 0 Å². The van der Waals surface area contributed by atoms with Crippen molar-refractivity contribution in [3.63, 3.8) is 0 Å². The van der Waals surface area contributed by atoms with E-state index in [4.69, 9.17) is 5.14 Å². The van der Waals surface area contributed by atoms with Crippen LogP contribution in [0.1, 0.15) is 19.3 Å². The van der Waals surface area contributed by atoms with Gasteiger partial charge < -0.3 is 5.32 Å². The Bertz CT molecular complexity index is 680. The fourth-order valence-electron chi connectivity index (χ4n) is 1.75.